The van der Waals surface area contributed by atoms with Crippen LogP contribution in [0.25, 0.3) is 0 Å². The number of carboxylic acids is 2. The van der Waals surface area contributed by atoms with Crippen LogP contribution in [0, 0.1) is 0 Å². The van der Waals surface area contributed by atoms with Gasteiger partial charge in [0.05, 0.1) is 12.5 Å². The van der Waals surface area contributed by atoms with Crippen molar-refractivity contribution in [3.8, 4) is 0 Å². The molecule has 0 aromatic heterocycles. The second kappa shape index (κ2) is 11.2. The molecule has 1 aliphatic rings. The SMILES string of the molecule is C[C@H](N)C(=O)N[C@@H](CC(=O)O)C(=O)N[C@@H](C)C(=O)N[C@@H](C)C(=O)N1CCC[C@H]1C(=O)O. The van der Waals surface area contributed by atoms with Crippen molar-refractivity contribution in [1.82, 2.24) is 20.9 Å². The Morgan fingerprint density at radius 2 is 1.52 bits per heavy atom. The molecule has 0 aliphatic carbocycles. The summed E-state index contributed by atoms with van der Waals surface area (Å²) in [4.78, 5) is 72.3. The van der Waals surface area contributed by atoms with Crippen molar-refractivity contribution in [2.45, 2.75) is 70.2 Å². The maximum absolute atomic E-state index is 12.5. The van der Waals surface area contributed by atoms with Gasteiger partial charge in [-0.1, -0.05) is 0 Å². The number of carboxylic acid groups (broad SMARTS) is 2. The summed E-state index contributed by atoms with van der Waals surface area (Å²) in [7, 11) is 0. The van der Waals surface area contributed by atoms with Crippen LogP contribution in [0.1, 0.15) is 40.0 Å². The largest absolute Gasteiger partial charge is 0.481 e. The predicted molar refractivity (Wildman–Crippen MR) is 105 cm³/mol. The molecule has 1 fully saturated rings. The van der Waals surface area contributed by atoms with E-state index >= 15 is 0 Å². The zero-order chi connectivity index (χ0) is 23.9. The van der Waals surface area contributed by atoms with Gasteiger partial charge in [-0.25, -0.2) is 4.79 Å². The van der Waals surface area contributed by atoms with Gasteiger partial charge in [-0.3, -0.25) is 24.0 Å². The van der Waals surface area contributed by atoms with Crippen molar-refractivity contribution >= 4 is 35.6 Å². The summed E-state index contributed by atoms with van der Waals surface area (Å²) in [6, 6.07) is -5.59. The summed E-state index contributed by atoms with van der Waals surface area (Å²) >= 11 is 0. The van der Waals surface area contributed by atoms with Gasteiger partial charge in [-0.05, 0) is 33.6 Å². The Kier molecular flexibility index (Phi) is 9.37. The highest BCUT2D eigenvalue weighted by Gasteiger charge is 2.36. The van der Waals surface area contributed by atoms with E-state index in [1.165, 1.54) is 25.7 Å². The van der Waals surface area contributed by atoms with Crippen molar-refractivity contribution in [1.29, 1.82) is 0 Å². The number of nitrogens with zero attached hydrogens (tertiary/aromatic N) is 1. The van der Waals surface area contributed by atoms with Crippen LogP contribution >= 0.6 is 0 Å². The third-order valence-corrected chi connectivity index (χ3v) is 4.73. The number of nitrogens with one attached hydrogen (secondary N) is 3. The zero-order valence-electron chi connectivity index (χ0n) is 17.6. The standard InChI is InChI=1S/C18H29N5O8/c1-8(19)14(26)22-11(7-13(24)25)16(28)20-9(2)15(27)21-10(3)17(29)23-6-4-5-12(23)18(30)31/h8-12H,4-7,19H2,1-3H3,(H,20,28)(H,21,27)(H,22,26)(H,24,25)(H,30,31)/t8-,9-,10-,11-,12-/m0/s1. The fourth-order valence-electron chi connectivity index (χ4n) is 3.00. The highest BCUT2D eigenvalue weighted by Crippen LogP contribution is 2.18. The average molecular weight is 443 g/mol. The minimum atomic E-state index is -1.45. The van der Waals surface area contributed by atoms with Crippen molar-refractivity contribution in [3.63, 3.8) is 0 Å². The van der Waals surface area contributed by atoms with Crippen LogP contribution in [-0.2, 0) is 28.8 Å². The second-order valence-corrected chi connectivity index (χ2v) is 7.44. The van der Waals surface area contributed by atoms with E-state index in [1.807, 2.05) is 0 Å². The molecule has 1 rings (SSSR count). The van der Waals surface area contributed by atoms with Gasteiger partial charge in [0.2, 0.25) is 23.6 Å². The molecule has 0 spiro atoms. The average Bonchev–Trinajstić information content (AvgIpc) is 3.16. The lowest BCUT2D eigenvalue weighted by molar-refractivity contribution is -0.149. The minimum absolute atomic E-state index is 0.262. The zero-order valence-corrected chi connectivity index (χ0v) is 17.6. The first-order chi connectivity index (χ1) is 14.3. The smallest absolute Gasteiger partial charge is 0.326 e. The summed E-state index contributed by atoms with van der Waals surface area (Å²) < 4.78 is 0. The lowest BCUT2D eigenvalue weighted by Gasteiger charge is -2.26. The lowest BCUT2D eigenvalue weighted by atomic mass is 10.1. The highest BCUT2D eigenvalue weighted by atomic mass is 16.4. The number of nitrogens with two attached hydrogens (primary N) is 1. The molecule has 0 bridgehead atoms. The van der Waals surface area contributed by atoms with Gasteiger partial charge in [0.15, 0.2) is 0 Å². The first-order valence-corrected chi connectivity index (χ1v) is 9.76. The van der Waals surface area contributed by atoms with Crippen molar-refractivity contribution in [3.05, 3.63) is 0 Å². The van der Waals surface area contributed by atoms with Crippen LogP contribution in [0.2, 0.25) is 0 Å². The first kappa shape index (κ1) is 25.8. The molecule has 0 unspecified atom stereocenters. The Bertz CT molecular complexity index is 740. The fraction of sp³-hybridized carbons (Fsp3) is 0.667. The van der Waals surface area contributed by atoms with Crippen LogP contribution in [0.4, 0.5) is 0 Å². The Balaban J connectivity index is 2.70. The predicted octanol–water partition coefficient (Wildman–Crippen LogP) is -2.62. The molecule has 4 amide bonds. The summed E-state index contributed by atoms with van der Waals surface area (Å²) in [5.74, 6) is -5.43. The van der Waals surface area contributed by atoms with E-state index in [2.05, 4.69) is 16.0 Å². The number of aliphatic carboxylic acids is 2. The van der Waals surface area contributed by atoms with Gasteiger partial charge < -0.3 is 36.8 Å². The Labute approximate surface area is 178 Å². The van der Waals surface area contributed by atoms with Crippen LogP contribution in [0.15, 0.2) is 0 Å². The number of hydrogen-bond donors (Lipinski definition) is 6. The first-order valence-electron chi connectivity index (χ1n) is 9.76. The van der Waals surface area contributed by atoms with E-state index in [1.54, 1.807) is 0 Å². The third kappa shape index (κ3) is 7.51. The molecular weight excluding hydrogens is 414 g/mol. The van der Waals surface area contributed by atoms with E-state index in [0.29, 0.717) is 12.8 Å². The maximum atomic E-state index is 12.5. The van der Waals surface area contributed by atoms with Gasteiger partial charge in [0.25, 0.3) is 0 Å². The van der Waals surface area contributed by atoms with E-state index in [0.717, 1.165) is 0 Å². The van der Waals surface area contributed by atoms with Gasteiger partial charge in [0, 0.05) is 6.54 Å². The van der Waals surface area contributed by atoms with E-state index in [-0.39, 0.29) is 6.54 Å². The van der Waals surface area contributed by atoms with Gasteiger partial charge >= 0.3 is 11.9 Å². The number of amides is 4. The number of carbonyl (C=O) groups excluding carboxylic acids is 4. The Morgan fingerprint density at radius 1 is 0.935 bits per heavy atom. The van der Waals surface area contributed by atoms with Crippen LogP contribution < -0.4 is 21.7 Å². The number of likely N-dealkylation sites (tertiary alicyclic amines) is 1. The molecule has 7 N–H and O–H groups in total. The fourth-order valence-corrected chi connectivity index (χ4v) is 3.00. The van der Waals surface area contributed by atoms with Crippen LogP contribution in [0.5, 0.6) is 0 Å². The van der Waals surface area contributed by atoms with Crippen molar-refractivity contribution < 1.29 is 39.0 Å². The molecule has 1 aliphatic heterocycles. The van der Waals surface area contributed by atoms with Crippen molar-refractivity contribution in [2.24, 2.45) is 5.73 Å². The molecule has 0 saturated carbocycles. The summed E-state index contributed by atoms with van der Waals surface area (Å²) in [6.45, 7) is 4.32. The molecule has 13 nitrogen and oxygen atoms in total. The molecule has 0 aromatic carbocycles. The molecule has 5 atom stereocenters. The highest BCUT2D eigenvalue weighted by molar-refractivity contribution is 5.96. The number of rotatable bonds is 10. The molecule has 1 saturated heterocycles. The van der Waals surface area contributed by atoms with Crippen LogP contribution in [-0.4, -0.2) is 87.4 Å². The van der Waals surface area contributed by atoms with Gasteiger partial charge in [-0.2, -0.15) is 0 Å². The lowest BCUT2D eigenvalue weighted by Crippen LogP contribution is -2.57. The topological polar surface area (TPSA) is 208 Å². The minimum Gasteiger partial charge on any atom is -0.481 e. The van der Waals surface area contributed by atoms with E-state index in [4.69, 9.17) is 10.8 Å². The normalized spacial score (nSPS) is 19.5. The summed E-state index contributed by atoms with van der Waals surface area (Å²) in [5, 5.41) is 25.0. The molecule has 13 heteroatoms. The second-order valence-electron chi connectivity index (χ2n) is 7.44. The maximum Gasteiger partial charge on any atom is 0.326 e. The van der Waals surface area contributed by atoms with Crippen molar-refractivity contribution in [2.75, 3.05) is 6.54 Å². The third-order valence-electron chi connectivity index (χ3n) is 4.73. The van der Waals surface area contributed by atoms with Gasteiger partial charge in [0.1, 0.15) is 24.2 Å². The Hall–Kier alpha value is -3.22. The molecule has 1 heterocycles. The molecule has 31 heavy (non-hydrogen) atoms. The monoisotopic (exact) mass is 443 g/mol. The summed E-state index contributed by atoms with van der Waals surface area (Å²) in [5.41, 5.74) is 5.40. The van der Waals surface area contributed by atoms with E-state index < -0.39 is 72.2 Å². The van der Waals surface area contributed by atoms with Crippen LogP contribution in [0.3, 0.4) is 0 Å². The Morgan fingerprint density at radius 3 is 2.03 bits per heavy atom. The van der Waals surface area contributed by atoms with E-state index in [9.17, 15) is 33.9 Å². The molecule has 174 valence electrons. The summed E-state index contributed by atoms with van der Waals surface area (Å²) in [6.07, 6.45) is 0.138. The number of hydrogen-bond acceptors (Lipinski definition) is 7. The van der Waals surface area contributed by atoms with Gasteiger partial charge in [-0.15, -0.1) is 0 Å². The number of carbonyl (C=O) groups is 6. The molecule has 0 radical (unpaired) electrons. The quantitative estimate of drug-likeness (QED) is 0.208. The molecular formula is C18H29N5O8. The molecule has 0 aromatic rings.